The van der Waals surface area contributed by atoms with E-state index in [0.717, 1.165) is 5.69 Å². The molecule has 1 heterocycles. The summed E-state index contributed by atoms with van der Waals surface area (Å²) in [6.45, 7) is 4.14. The van der Waals surface area contributed by atoms with Crippen molar-refractivity contribution in [3.05, 3.63) is 66.0 Å². The molecule has 0 aliphatic heterocycles. The van der Waals surface area contributed by atoms with Crippen LogP contribution in [0.4, 0.5) is 0 Å². The summed E-state index contributed by atoms with van der Waals surface area (Å²) in [5, 5.41) is 5.62. The van der Waals surface area contributed by atoms with Crippen molar-refractivity contribution in [2.75, 3.05) is 0 Å². The van der Waals surface area contributed by atoms with Crippen LogP contribution in [0.3, 0.4) is 0 Å². The maximum Gasteiger partial charge on any atom is 0.251 e. The van der Waals surface area contributed by atoms with Crippen molar-refractivity contribution in [1.82, 2.24) is 15.6 Å². The van der Waals surface area contributed by atoms with Crippen molar-refractivity contribution in [1.29, 1.82) is 0 Å². The van der Waals surface area contributed by atoms with Gasteiger partial charge in [0, 0.05) is 11.8 Å². The Morgan fingerprint density at radius 3 is 2.35 bits per heavy atom. The molecular formula is C18H21N3O2. The average molecular weight is 311 g/mol. The van der Waals surface area contributed by atoms with E-state index in [2.05, 4.69) is 15.6 Å². The van der Waals surface area contributed by atoms with Gasteiger partial charge in [0.1, 0.15) is 6.04 Å². The van der Waals surface area contributed by atoms with E-state index in [1.165, 1.54) is 0 Å². The first kappa shape index (κ1) is 16.7. The van der Waals surface area contributed by atoms with Crippen LogP contribution in [-0.2, 0) is 11.3 Å². The van der Waals surface area contributed by atoms with Crippen molar-refractivity contribution in [2.24, 2.45) is 5.92 Å². The Morgan fingerprint density at radius 2 is 1.74 bits per heavy atom. The van der Waals surface area contributed by atoms with Crippen molar-refractivity contribution < 1.29 is 9.59 Å². The molecule has 0 radical (unpaired) electrons. The lowest BCUT2D eigenvalue weighted by Gasteiger charge is -2.21. The first-order valence-corrected chi connectivity index (χ1v) is 7.61. The smallest absolute Gasteiger partial charge is 0.251 e. The molecule has 2 amide bonds. The van der Waals surface area contributed by atoms with E-state index in [-0.39, 0.29) is 17.7 Å². The molecule has 0 aliphatic carbocycles. The molecule has 0 saturated heterocycles. The van der Waals surface area contributed by atoms with Gasteiger partial charge in [-0.15, -0.1) is 0 Å². The highest BCUT2D eigenvalue weighted by atomic mass is 16.2. The van der Waals surface area contributed by atoms with E-state index < -0.39 is 6.04 Å². The van der Waals surface area contributed by atoms with Gasteiger partial charge in [-0.3, -0.25) is 14.6 Å². The van der Waals surface area contributed by atoms with Gasteiger partial charge in [0.05, 0.1) is 12.2 Å². The number of nitrogens with one attached hydrogen (secondary N) is 2. The van der Waals surface area contributed by atoms with E-state index in [1.54, 1.807) is 30.5 Å². The number of rotatable bonds is 6. The lowest BCUT2D eigenvalue weighted by atomic mass is 10.0. The van der Waals surface area contributed by atoms with Gasteiger partial charge in [0.2, 0.25) is 5.91 Å². The fraction of sp³-hybridized carbons (Fsp3) is 0.278. The Morgan fingerprint density at radius 1 is 1.04 bits per heavy atom. The first-order chi connectivity index (χ1) is 11.1. The maximum atomic E-state index is 12.4. The zero-order valence-electron chi connectivity index (χ0n) is 13.3. The van der Waals surface area contributed by atoms with Crippen molar-refractivity contribution in [3.63, 3.8) is 0 Å². The second-order valence-corrected chi connectivity index (χ2v) is 5.60. The third-order valence-corrected chi connectivity index (χ3v) is 3.44. The molecule has 0 spiro atoms. The predicted octanol–water partition coefficient (Wildman–Crippen LogP) is 2.15. The third kappa shape index (κ3) is 4.92. The molecule has 1 aromatic carbocycles. The Balaban J connectivity index is 1.97. The van der Waals surface area contributed by atoms with Gasteiger partial charge in [0.15, 0.2) is 0 Å². The van der Waals surface area contributed by atoms with E-state index >= 15 is 0 Å². The summed E-state index contributed by atoms with van der Waals surface area (Å²) in [4.78, 5) is 28.8. The highest BCUT2D eigenvalue weighted by Gasteiger charge is 2.24. The summed E-state index contributed by atoms with van der Waals surface area (Å²) >= 11 is 0. The van der Waals surface area contributed by atoms with Crippen LogP contribution in [0.1, 0.15) is 29.9 Å². The monoisotopic (exact) mass is 311 g/mol. The molecule has 1 atom stereocenters. The lowest BCUT2D eigenvalue weighted by Crippen LogP contribution is -2.49. The predicted molar refractivity (Wildman–Crippen MR) is 88.6 cm³/mol. The van der Waals surface area contributed by atoms with Gasteiger partial charge < -0.3 is 10.6 Å². The van der Waals surface area contributed by atoms with E-state index in [1.807, 2.05) is 38.1 Å². The summed E-state index contributed by atoms with van der Waals surface area (Å²) in [5.41, 5.74) is 1.31. The third-order valence-electron chi connectivity index (χ3n) is 3.44. The Labute approximate surface area is 136 Å². The van der Waals surface area contributed by atoms with Crippen LogP contribution in [0.15, 0.2) is 54.7 Å². The number of aromatic nitrogens is 1. The molecule has 1 aromatic heterocycles. The fourth-order valence-electron chi connectivity index (χ4n) is 2.14. The minimum atomic E-state index is -0.591. The van der Waals surface area contributed by atoms with E-state index in [0.29, 0.717) is 12.1 Å². The van der Waals surface area contributed by atoms with Crippen LogP contribution in [0.2, 0.25) is 0 Å². The maximum absolute atomic E-state index is 12.4. The van der Waals surface area contributed by atoms with Crippen molar-refractivity contribution in [2.45, 2.75) is 26.4 Å². The zero-order chi connectivity index (χ0) is 16.7. The van der Waals surface area contributed by atoms with Crippen molar-refractivity contribution in [3.8, 4) is 0 Å². The minimum Gasteiger partial charge on any atom is -0.349 e. The molecule has 120 valence electrons. The molecule has 5 nitrogen and oxygen atoms in total. The quantitative estimate of drug-likeness (QED) is 0.858. The SMILES string of the molecule is CC(C)[C@@H](NC(=O)c1ccccc1)C(=O)NCc1ccccn1. The van der Waals surface area contributed by atoms with Crippen LogP contribution < -0.4 is 10.6 Å². The van der Waals surface area contributed by atoms with Gasteiger partial charge in [-0.1, -0.05) is 38.1 Å². The van der Waals surface area contributed by atoms with E-state index in [4.69, 9.17) is 0 Å². The molecule has 5 heteroatoms. The molecule has 0 aliphatic rings. The van der Waals surface area contributed by atoms with Crippen LogP contribution in [0, 0.1) is 5.92 Å². The number of pyridine rings is 1. The number of carbonyl (C=O) groups is 2. The van der Waals surface area contributed by atoms with Crippen LogP contribution in [0.25, 0.3) is 0 Å². The topological polar surface area (TPSA) is 71.1 Å². The number of hydrogen-bond donors (Lipinski definition) is 2. The molecule has 2 N–H and O–H groups in total. The molecule has 0 unspecified atom stereocenters. The Bertz CT molecular complexity index is 642. The van der Waals surface area contributed by atoms with Gasteiger partial charge in [-0.05, 0) is 30.2 Å². The molecule has 0 fully saturated rings. The molecule has 0 bridgehead atoms. The minimum absolute atomic E-state index is 0.0219. The Kier molecular flexibility index (Phi) is 5.86. The molecule has 2 aromatic rings. The molecule has 0 saturated carbocycles. The van der Waals surface area contributed by atoms with Gasteiger partial charge in [0.25, 0.3) is 5.91 Å². The number of amides is 2. The summed E-state index contributed by atoms with van der Waals surface area (Å²) in [6, 6.07) is 13.8. The molecular weight excluding hydrogens is 290 g/mol. The number of nitrogens with zero attached hydrogens (tertiary/aromatic N) is 1. The summed E-state index contributed by atoms with van der Waals surface area (Å²) in [5.74, 6) is -0.487. The Hall–Kier alpha value is -2.69. The second kappa shape index (κ2) is 8.08. The highest BCUT2D eigenvalue weighted by Crippen LogP contribution is 2.06. The van der Waals surface area contributed by atoms with Crippen molar-refractivity contribution >= 4 is 11.8 Å². The van der Waals surface area contributed by atoms with Gasteiger partial charge in [-0.2, -0.15) is 0 Å². The highest BCUT2D eigenvalue weighted by molar-refractivity contribution is 5.97. The second-order valence-electron chi connectivity index (χ2n) is 5.60. The molecule has 23 heavy (non-hydrogen) atoms. The van der Waals surface area contributed by atoms with Gasteiger partial charge >= 0.3 is 0 Å². The first-order valence-electron chi connectivity index (χ1n) is 7.61. The van der Waals surface area contributed by atoms with Gasteiger partial charge in [-0.25, -0.2) is 0 Å². The van der Waals surface area contributed by atoms with E-state index in [9.17, 15) is 9.59 Å². The fourth-order valence-corrected chi connectivity index (χ4v) is 2.14. The summed E-state index contributed by atoms with van der Waals surface area (Å²) < 4.78 is 0. The van der Waals surface area contributed by atoms with Crippen LogP contribution in [0.5, 0.6) is 0 Å². The zero-order valence-corrected chi connectivity index (χ0v) is 13.3. The van der Waals surface area contributed by atoms with Crippen LogP contribution in [-0.4, -0.2) is 22.8 Å². The average Bonchev–Trinajstić information content (AvgIpc) is 2.58. The van der Waals surface area contributed by atoms with Crippen LogP contribution >= 0.6 is 0 Å². The number of hydrogen-bond acceptors (Lipinski definition) is 3. The summed E-state index contributed by atoms with van der Waals surface area (Å²) in [6.07, 6.45) is 1.68. The number of carbonyl (C=O) groups excluding carboxylic acids is 2. The largest absolute Gasteiger partial charge is 0.349 e. The number of benzene rings is 1. The lowest BCUT2D eigenvalue weighted by molar-refractivity contribution is -0.124. The standard InChI is InChI=1S/C18H21N3O2/c1-13(2)16(21-17(22)14-8-4-3-5-9-14)18(23)20-12-15-10-6-7-11-19-15/h3-11,13,16H,12H2,1-2H3,(H,20,23)(H,21,22)/t16-/m1/s1. The normalized spacial score (nSPS) is 11.8. The molecule has 2 rings (SSSR count). The summed E-state index contributed by atoms with van der Waals surface area (Å²) in [7, 11) is 0.